The predicted molar refractivity (Wildman–Crippen MR) is 78.5 cm³/mol. The Balaban J connectivity index is 3.05. The molecule has 0 amide bonds. The van der Waals surface area contributed by atoms with Crippen molar-refractivity contribution in [2.75, 3.05) is 6.61 Å². The second-order valence-corrected chi connectivity index (χ2v) is 7.56. The molecule has 1 unspecified atom stereocenters. The van der Waals surface area contributed by atoms with Crippen molar-refractivity contribution >= 4 is 16.3 Å². The molecule has 0 N–H and O–H groups in total. The van der Waals surface area contributed by atoms with Crippen LogP contribution in [-0.4, -0.2) is 26.7 Å². The summed E-state index contributed by atoms with van der Waals surface area (Å²) in [6, 6.07) is 3.41. The quantitative estimate of drug-likeness (QED) is 0.672. The molecule has 8 heteroatoms. The Kier molecular flexibility index (Phi) is 6.61. The predicted octanol–water partition coefficient (Wildman–Crippen LogP) is 3.46. The Bertz CT molecular complexity index is 609. The number of hydrogen-bond donors (Lipinski definition) is 0. The van der Waals surface area contributed by atoms with E-state index in [0.717, 1.165) is 24.3 Å². The van der Waals surface area contributed by atoms with Crippen LogP contribution in [-0.2, 0) is 25.5 Å². The van der Waals surface area contributed by atoms with Gasteiger partial charge in [0.25, 0.3) is 6.47 Å². The number of carbonyl (C=O) groups is 1. The first kappa shape index (κ1) is 19.5. The third-order valence-corrected chi connectivity index (χ3v) is 5.99. The summed E-state index contributed by atoms with van der Waals surface area (Å²) in [5, 5.41) is -0.876. The number of alkyl halides is 3. The fourth-order valence-electron chi connectivity index (χ4n) is 2.29. The van der Waals surface area contributed by atoms with Crippen LogP contribution in [0.5, 0.6) is 0 Å². The largest absolute Gasteiger partial charge is 0.468 e. The number of carbonyl (C=O) groups excluding carboxylic acids is 1. The summed E-state index contributed by atoms with van der Waals surface area (Å²) < 4.78 is 67.4. The number of sulfone groups is 1. The van der Waals surface area contributed by atoms with Crippen molar-refractivity contribution in [1.29, 1.82) is 0 Å². The average Bonchev–Trinajstić information content (AvgIpc) is 2.50. The maximum Gasteiger partial charge on any atom is 0.416 e. The Morgan fingerprint density at radius 1 is 1.22 bits per heavy atom. The molecule has 0 aromatic heterocycles. The van der Waals surface area contributed by atoms with Gasteiger partial charge in [-0.25, -0.2) is 8.42 Å². The molecule has 0 aliphatic heterocycles. The molecular weight excluding hydrogens is 333 g/mol. The Hall–Kier alpha value is -1.57. The molecule has 0 aliphatic carbocycles. The molecule has 0 saturated carbocycles. The van der Waals surface area contributed by atoms with E-state index < -0.39 is 32.7 Å². The summed E-state index contributed by atoms with van der Waals surface area (Å²) in [5.74, 6) is -0.419. The van der Waals surface area contributed by atoms with Gasteiger partial charge in [0.15, 0.2) is 9.84 Å². The highest BCUT2D eigenvalue weighted by Gasteiger charge is 2.33. The number of ether oxygens (including phenoxy) is 1. The monoisotopic (exact) mass is 352 g/mol. The normalized spacial score (nSPS) is 15.0. The van der Waals surface area contributed by atoms with Gasteiger partial charge in [-0.05, 0) is 37.6 Å². The molecule has 1 rings (SSSR count). The first-order chi connectivity index (χ1) is 10.6. The van der Waals surface area contributed by atoms with Crippen molar-refractivity contribution in [3.63, 3.8) is 0 Å². The molecule has 4 nitrogen and oxygen atoms in total. The molecule has 2 atom stereocenters. The highest BCUT2D eigenvalue weighted by atomic mass is 32.2. The van der Waals surface area contributed by atoms with Crippen LogP contribution in [0, 0.1) is 5.92 Å². The molecule has 0 saturated heterocycles. The summed E-state index contributed by atoms with van der Waals surface area (Å²) in [7, 11) is -3.82. The van der Waals surface area contributed by atoms with E-state index >= 15 is 0 Å². The minimum atomic E-state index is -4.52. The standard InChI is InChI=1S/C15H19F3O4S/c1-3-4-12(9-22-10-19)11(2)23(20,21)14-7-5-13(6-8-14)15(16,17)18/h5-8,10-12H,3-4,9H2,1-2H3/t11?,12-/m0/s1. The zero-order valence-corrected chi connectivity index (χ0v) is 13.7. The topological polar surface area (TPSA) is 60.4 Å². The van der Waals surface area contributed by atoms with E-state index in [1.807, 2.05) is 6.92 Å². The van der Waals surface area contributed by atoms with Crippen molar-refractivity contribution < 1.29 is 31.1 Å². The van der Waals surface area contributed by atoms with Crippen LogP contribution in [0.2, 0.25) is 0 Å². The Morgan fingerprint density at radius 2 is 1.78 bits per heavy atom. The van der Waals surface area contributed by atoms with E-state index in [4.69, 9.17) is 0 Å². The SMILES string of the molecule is CCC[C@@H](COC=O)C(C)S(=O)(=O)c1ccc(C(F)(F)F)cc1. The molecule has 1 aromatic rings. The van der Waals surface area contributed by atoms with Crippen molar-refractivity contribution in [1.82, 2.24) is 0 Å². The maximum atomic E-state index is 12.5. The van der Waals surface area contributed by atoms with Crippen molar-refractivity contribution in [2.45, 2.75) is 43.0 Å². The van der Waals surface area contributed by atoms with Crippen molar-refractivity contribution in [3.05, 3.63) is 29.8 Å². The van der Waals surface area contributed by atoms with E-state index in [1.165, 1.54) is 6.92 Å². The summed E-state index contributed by atoms with van der Waals surface area (Å²) in [5.41, 5.74) is -0.904. The van der Waals surface area contributed by atoms with Gasteiger partial charge in [-0.1, -0.05) is 13.3 Å². The van der Waals surface area contributed by atoms with Gasteiger partial charge in [0, 0.05) is 5.92 Å². The van der Waals surface area contributed by atoms with Crippen LogP contribution in [0.3, 0.4) is 0 Å². The molecule has 0 fully saturated rings. The molecular formula is C15H19F3O4S. The zero-order chi connectivity index (χ0) is 17.7. The highest BCUT2D eigenvalue weighted by Crippen LogP contribution is 2.31. The minimum Gasteiger partial charge on any atom is -0.468 e. The van der Waals surface area contributed by atoms with Crippen LogP contribution in [0.25, 0.3) is 0 Å². The summed E-state index contributed by atoms with van der Waals surface area (Å²) in [6.07, 6.45) is -3.30. The van der Waals surface area contributed by atoms with Gasteiger partial charge in [-0.2, -0.15) is 13.2 Å². The first-order valence-corrected chi connectivity index (χ1v) is 8.65. The third kappa shape index (κ3) is 4.95. The third-order valence-electron chi connectivity index (χ3n) is 3.70. The van der Waals surface area contributed by atoms with E-state index in [9.17, 15) is 26.4 Å². The van der Waals surface area contributed by atoms with Gasteiger partial charge in [0.2, 0.25) is 0 Å². The van der Waals surface area contributed by atoms with Gasteiger partial charge in [0.1, 0.15) is 0 Å². The van der Waals surface area contributed by atoms with E-state index in [2.05, 4.69) is 4.74 Å². The van der Waals surface area contributed by atoms with Gasteiger partial charge in [-0.3, -0.25) is 4.79 Å². The first-order valence-electron chi connectivity index (χ1n) is 7.11. The molecule has 0 aliphatic rings. The van der Waals surface area contributed by atoms with Crippen LogP contribution < -0.4 is 0 Å². The van der Waals surface area contributed by atoms with Crippen LogP contribution in [0.15, 0.2) is 29.2 Å². The van der Waals surface area contributed by atoms with Crippen molar-refractivity contribution in [3.8, 4) is 0 Å². The van der Waals surface area contributed by atoms with Gasteiger partial charge in [0.05, 0.1) is 22.3 Å². The average molecular weight is 352 g/mol. The maximum absolute atomic E-state index is 12.5. The Morgan fingerprint density at radius 3 is 2.22 bits per heavy atom. The molecule has 0 radical (unpaired) electrons. The lowest BCUT2D eigenvalue weighted by Gasteiger charge is -2.23. The van der Waals surface area contributed by atoms with E-state index in [0.29, 0.717) is 12.8 Å². The summed E-state index contributed by atoms with van der Waals surface area (Å²) >= 11 is 0. The number of benzene rings is 1. The zero-order valence-electron chi connectivity index (χ0n) is 12.8. The lowest BCUT2D eigenvalue weighted by atomic mass is 10.0. The second kappa shape index (κ2) is 7.81. The fourth-order valence-corrected chi connectivity index (χ4v) is 3.95. The second-order valence-electron chi connectivity index (χ2n) is 5.25. The molecule has 0 bridgehead atoms. The molecule has 0 spiro atoms. The molecule has 130 valence electrons. The van der Waals surface area contributed by atoms with E-state index in [-0.39, 0.29) is 18.0 Å². The molecule has 23 heavy (non-hydrogen) atoms. The minimum absolute atomic E-state index is 0.0433. The smallest absolute Gasteiger partial charge is 0.416 e. The summed E-state index contributed by atoms with van der Waals surface area (Å²) in [6.45, 7) is 3.55. The number of halogens is 3. The van der Waals surface area contributed by atoms with Gasteiger partial charge in [-0.15, -0.1) is 0 Å². The molecule has 1 aromatic carbocycles. The Labute approximate surface area is 133 Å². The summed E-state index contributed by atoms with van der Waals surface area (Å²) in [4.78, 5) is 10.1. The van der Waals surface area contributed by atoms with Gasteiger partial charge < -0.3 is 4.74 Å². The lowest BCUT2D eigenvalue weighted by Crippen LogP contribution is -2.30. The van der Waals surface area contributed by atoms with Crippen molar-refractivity contribution in [2.24, 2.45) is 5.92 Å². The van der Waals surface area contributed by atoms with Gasteiger partial charge >= 0.3 is 6.18 Å². The van der Waals surface area contributed by atoms with Crippen LogP contribution >= 0.6 is 0 Å². The van der Waals surface area contributed by atoms with Crippen LogP contribution in [0.1, 0.15) is 32.3 Å². The fraction of sp³-hybridized carbons (Fsp3) is 0.533. The highest BCUT2D eigenvalue weighted by molar-refractivity contribution is 7.92. The number of hydrogen-bond acceptors (Lipinski definition) is 4. The van der Waals surface area contributed by atoms with Crippen LogP contribution in [0.4, 0.5) is 13.2 Å². The van der Waals surface area contributed by atoms with E-state index in [1.54, 1.807) is 0 Å². The lowest BCUT2D eigenvalue weighted by molar-refractivity contribution is -0.137. The molecule has 0 heterocycles. The number of rotatable bonds is 8.